The maximum atomic E-state index is 12.2. The van der Waals surface area contributed by atoms with Gasteiger partial charge in [0.15, 0.2) is 12.7 Å². The topological polar surface area (TPSA) is 103 Å². The molecule has 160 valence electrons. The monoisotopic (exact) mass is 414 g/mol. The lowest BCUT2D eigenvalue weighted by Gasteiger charge is -2.18. The quantitative estimate of drug-likeness (QED) is 0.579. The number of carbonyl (C=O) groups excluding carboxylic acids is 3. The van der Waals surface area contributed by atoms with Crippen molar-refractivity contribution in [2.75, 3.05) is 18.5 Å². The van der Waals surface area contributed by atoms with Crippen molar-refractivity contribution >= 4 is 23.5 Å². The smallest absolute Gasteiger partial charge is 0.329 e. The van der Waals surface area contributed by atoms with E-state index < -0.39 is 29.9 Å². The molecule has 0 bridgehead atoms. The fourth-order valence-corrected chi connectivity index (χ4v) is 2.38. The first kappa shape index (κ1) is 22.7. The van der Waals surface area contributed by atoms with Crippen molar-refractivity contribution < 1.29 is 28.6 Å². The van der Waals surface area contributed by atoms with Gasteiger partial charge in [0.2, 0.25) is 0 Å². The van der Waals surface area contributed by atoms with Gasteiger partial charge in [0.1, 0.15) is 17.5 Å². The Labute approximate surface area is 175 Å². The molecule has 0 aliphatic rings. The van der Waals surface area contributed by atoms with E-state index in [1.807, 2.05) is 13.0 Å². The second-order valence-electron chi connectivity index (χ2n) is 6.42. The van der Waals surface area contributed by atoms with Gasteiger partial charge >= 0.3 is 5.97 Å². The minimum absolute atomic E-state index is 0.241. The normalized spacial score (nSPS) is 12.2. The molecule has 0 aromatic heterocycles. The van der Waals surface area contributed by atoms with E-state index >= 15 is 0 Å². The number of anilines is 1. The van der Waals surface area contributed by atoms with Gasteiger partial charge < -0.3 is 24.8 Å². The van der Waals surface area contributed by atoms with Crippen molar-refractivity contribution in [3.8, 4) is 11.5 Å². The Balaban J connectivity index is 1.76. The number of hydrogen-bond donors (Lipinski definition) is 2. The predicted molar refractivity (Wildman–Crippen MR) is 111 cm³/mol. The Morgan fingerprint density at radius 2 is 1.53 bits per heavy atom. The Bertz CT molecular complexity index is 838. The third-order valence-electron chi connectivity index (χ3n) is 3.94. The van der Waals surface area contributed by atoms with Crippen LogP contribution in [-0.4, -0.2) is 43.1 Å². The summed E-state index contributed by atoms with van der Waals surface area (Å²) >= 11 is 0. The summed E-state index contributed by atoms with van der Waals surface area (Å²) < 4.78 is 15.8. The number of amides is 2. The van der Waals surface area contributed by atoms with Gasteiger partial charge in [-0.3, -0.25) is 9.59 Å². The Morgan fingerprint density at radius 1 is 0.900 bits per heavy atom. The second-order valence-corrected chi connectivity index (χ2v) is 6.42. The van der Waals surface area contributed by atoms with Crippen LogP contribution in [0.2, 0.25) is 0 Å². The Kier molecular flexibility index (Phi) is 8.68. The van der Waals surface area contributed by atoms with Gasteiger partial charge in [-0.15, -0.1) is 0 Å². The molecule has 2 aromatic rings. The van der Waals surface area contributed by atoms with E-state index in [1.54, 1.807) is 48.5 Å². The SMILES string of the molecule is CCOc1ccc(NC(=O)[C@H](C)OC(=O)[C@H](C)NC(=O)COc2ccccc2)cc1. The molecule has 0 fully saturated rings. The summed E-state index contributed by atoms with van der Waals surface area (Å²) in [7, 11) is 0. The maximum absolute atomic E-state index is 12.2. The van der Waals surface area contributed by atoms with Gasteiger partial charge in [-0.1, -0.05) is 18.2 Å². The number of rotatable bonds is 10. The second kappa shape index (κ2) is 11.5. The van der Waals surface area contributed by atoms with E-state index in [0.717, 1.165) is 0 Å². The highest BCUT2D eigenvalue weighted by atomic mass is 16.5. The van der Waals surface area contributed by atoms with E-state index in [2.05, 4.69) is 10.6 Å². The Morgan fingerprint density at radius 3 is 2.17 bits per heavy atom. The van der Waals surface area contributed by atoms with Crippen molar-refractivity contribution in [3.05, 3.63) is 54.6 Å². The number of ether oxygens (including phenoxy) is 3. The van der Waals surface area contributed by atoms with Crippen LogP contribution in [0.15, 0.2) is 54.6 Å². The molecule has 0 saturated heterocycles. The lowest BCUT2D eigenvalue weighted by Crippen LogP contribution is -2.44. The minimum Gasteiger partial charge on any atom is -0.494 e. The first-order chi connectivity index (χ1) is 14.4. The zero-order valence-electron chi connectivity index (χ0n) is 17.2. The summed E-state index contributed by atoms with van der Waals surface area (Å²) in [6.45, 7) is 5.11. The molecule has 0 radical (unpaired) electrons. The van der Waals surface area contributed by atoms with Crippen LogP contribution in [0.5, 0.6) is 11.5 Å². The third-order valence-corrected chi connectivity index (χ3v) is 3.94. The van der Waals surface area contributed by atoms with Crippen molar-refractivity contribution in [1.29, 1.82) is 0 Å². The minimum atomic E-state index is -1.04. The molecule has 2 atom stereocenters. The molecule has 0 heterocycles. The average Bonchev–Trinajstić information content (AvgIpc) is 2.74. The summed E-state index contributed by atoms with van der Waals surface area (Å²) in [4.78, 5) is 36.3. The molecule has 30 heavy (non-hydrogen) atoms. The molecule has 0 saturated carbocycles. The van der Waals surface area contributed by atoms with Gasteiger partial charge in [-0.2, -0.15) is 0 Å². The number of esters is 1. The Hall–Kier alpha value is -3.55. The molecular formula is C22H26N2O6. The van der Waals surface area contributed by atoms with Crippen molar-refractivity contribution in [3.63, 3.8) is 0 Å². The summed E-state index contributed by atoms with van der Waals surface area (Å²) in [5.41, 5.74) is 0.547. The van der Waals surface area contributed by atoms with Gasteiger partial charge in [-0.05, 0) is 57.2 Å². The fraction of sp³-hybridized carbons (Fsp3) is 0.318. The van der Waals surface area contributed by atoms with Crippen LogP contribution in [0.25, 0.3) is 0 Å². The van der Waals surface area contributed by atoms with E-state index in [4.69, 9.17) is 14.2 Å². The van der Waals surface area contributed by atoms with Crippen LogP contribution < -0.4 is 20.1 Å². The number of para-hydroxylation sites is 1. The molecule has 0 aliphatic carbocycles. The molecule has 2 N–H and O–H groups in total. The van der Waals surface area contributed by atoms with Crippen LogP contribution in [0.4, 0.5) is 5.69 Å². The van der Waals surface area contributed by atoms with Gasteiger partial charge in [0.05, 0.1) is 6.61 Å². The van der Waals surface area contributed by atoms with Crippen LogP contribution in [0.3, 0.4) is 0 Å². The van der Waals surface area contributed by atoms with Crippen molar-refractivity contribution in [2.24, 2.45) is 0 Å². The highest BCUT2D eigenvalue weighted by Crippen LogP contribution is 2.16. The molecule has 2 amide bonds. The third kappa shape index (κ3) is 7.46. The maximum Gasteiger partial charge on any atom is 0.329 e. The molecule has 8 nitrogen and oxygen atoms in total. The first-order valence-electron chi connectivity index (χ1n) is 9.60. The zero-order chi connectivity index (χ0) is 21.9. The summed E-state index contributed by atoms with van der Waals surface area (Å²) in [6, 6.07) is 14.7. The van der Waals surface area contributed by atoms with Crippen LogP contribution in [0, 0.1) is 0 Å². The average molecular weight is 414 g/mol. The van der Waals surface area contributed by atoms with Crippen LogP contribution in [0.1, 0.15) is 20.8 Å². The van der Waals surface area contributed by atoms with Gasteiger partial charge in [0.25, 0.3) is 11.8 Å². The molecule has 2 rings (SSSR count). The van der Waals surface area contributed by atoms with Crippen molar-refractivity contribution in [1.82, 2.24) is 5.32 Å². The summed E-state index contributed by atoms with van der Waals surface area (Å²) in [5.74, 6) is -0.455. The number of hydrogen-bond acceptors (Lipinski definition) is 6. The van der Waals surface area contributed by atoms with Gasteiger partial charge in [0, 0.05) is 5.69 Å². The largest absolute Gasteiger partial charge is 0.494 e. The molecule has 0 unspecified atom stereocenters. The number of carbonyl (C=O) groups is 3. The highest BCUT2D eigenvalue weighted by molar-refractivity contribution is 5.95. The lowest BCUT2D eigenvalue weighted by atomic mass is 10.2. The van der Waals surface area contributed by atoms with Crippen LogP contribution >= 0.6 is 0 Å². The standard InChI is InChI=1S/C22H26N2O6/c1-4-28-19-12-10-17(11-13-19)24-21(26)16(3)30-22(27)15(2)23-20(25)14-29-18-8-6-5-7-9-18/h5-13,15-16H,4,14H2,1-3H3,(H,23,25)(H,24,26)/t15-,16-/m0/s1. The number of nitrogens with one attached hydrogen (secondary N) is 2. The summed E-state index contributed by atoms with van der Waals surface area (Å²) in [6.07, 6.45) is -1.04. The van der Waals surface area contributed by atoms with Gasteiger partial charge in [-0.25, -0.2) is 4.79 Å². The molecule has 0 spiro atoms. The fourth-order valence-electron chi connectivity index (χ4n) is 2.38. The molecule has 0 aliphatic heterocycles. The van der Waals surface area contributed by atoms with E-state index in [-0.39, 0.29) is 6.61 Å². The van der Waals surface area contributed by atoms with Crippen molar-refractivity contribution in [2.45, 2.75) is 32.9 Å². The molecule has 2 aromatic carbocycles. The van der Waals surface area contributed by atoms with E-state index in [9.17, 15) is 14.4 Å². The zero-order valence-corrected chi connectivity index (χ0v) is 17.2. The predicted octanol–water partition coefficient (Wildman–Crippen LogP) is 2.54. The molecule has 8 heteroatoms. The first-order valence-corrected chi connectivity index (χ1v) is 9.60. The highest BCUT2D eigenvalue weighted by Gasteiger charge is 2.23. The van der Waals surface area contributed by atoms with E-state index in [0.29, 0.717) is 23.8 Å². The van der Waals surface area contributed by atoms with E-state index in [1.165, 1.54) is 13.8 Å². The molecular weight excluding hydrogens is 388 g/mol. The lowest BCUT2D eigenvalue weighted by molar-refractivity contribution is -0.155. The van der Waals surface area contributed by atoms with Crippen LogP contribution in [-0.2, 0) is 19.1 Å². The summed E-state index contributed by atoms with van der Waals surface area (Å²) in [5, 5.41) is 5.13. The number of benzene rings is 2.